The van der Waals surface area contributed by atoms with Crippen LogP contribution in [0.15, 0.2) is 0 Å². The smallest absolute Gasteiger partial charge is 0.407 e. The molecule has 2 atom stereocenters. The number of aliphatic hydroxyl groups excluding tert-OH is 2. The van der Waals surface area contributed by atoms with Gasteiger partial charge in [-0.05, 0) is 99.5 Å². The third-order valence-corrected chi connectivity index (χ3v) is 6.38. The van der Waals surface area contributed by atoms with Crippen LogP contribution in [-0.4, -0.2) is 147 Å². The highest BCUT2D eigenvalue weighted by Crippen LogP contribution is 2.03. The van der Waals surface area contributed by atoms with Crippen molar-refractivity contribution in [2.24, 2.45) is 0 Å². The molecule has 0 aliphatic rings. The van der Waals surface area contributed by atoms with E-state index in [2.05, 4.69) is 36.1 Å². The van der Waals surface area contributed by atoms with Crippen LogP contribution in [-0.2, 0) is 47.5 Å². The number of ether oxygens (including phenoxy) is 8. The summed E-state index contributed by atoms with van der Waals surface area (Å²) in [4.78, 5) is 26.7. The number of likely N-dealkylation sites (N-methyl/N-ethyl adjacent to an activating group) is 1. The van der Waals surface area contributed by atoms with Crippen LogP contribution in [0.2, 0.25) is 0 Å². The molecule has 356 valence electrons. The number of alkyl carbamates (subject to hydrolysis) is 1. The van der Waals surface area contributed by atoms with Gasteiger partial charge in [0.1, 0.15) is 12.9 Å². The minimum absolute atomic E-state index is 0.100. The van der Waals surface area contributed by atoms with Crippen LogP contribution in [0.4, 0.5) is 4.79 Å². The van der Waals surface area contributed by atoms with Crippen molar-refractivity contribution in [2.45, 2.75) is 160 Å². The summed E-state index contributed by atoms with van der Waals surface area (Å²) in [5.41, 5.74) is 0. The molecular formula is C43H96N2O13. The van der Waals surface area contributed by atoms with Crippen LogP contribution in [0, 0.1) is 0 Å². The normalized spacial score (nSPS) is 10.6. The first-order valence-electron chi connectivity index (χ1n) is 22.1. The zero-order chi connectivity index (χ0) is 45.6. The molecule has 2 unspecified atom stereocenters. The molecule has 1 amide bonds. The van der Waals surface area contributed by atoms with Crippen molar-refractivity contribution in [1.29, 1.82) is 0 Å². The van der Waals surface area contributed by atoms with Crippen LogP contribution in [0.5, 0.6) is 0 Å². The van der Waals surface area contributed by atoms with Crippen molar-refractivity contribution >= 4 is 12.2 Å². The summed E-state index contributed by atoms with van der Waals surface area (Å²) < 4.78 is 40.2. The van der Waals surface area contributed by atoms with Crippen molar-refractivity contribution in [3.05, 3.63) is 0 Å². The quantitative estimate of drug-likeness (QED) is 0.0383. The number of amides is 1. The number of unbranched alkanes of at least 4 members (excludes halogenated alkanes) is 3. The fourth-order valence-electron chi connectivity index (χ4n) is 3.40. The zero-order valence-electron chi connectivity index (χ0n) is 39.6. The van der Waals surface area contributed by atoms with E-state index in [9.17, 15) is 9.90 Å². The molecule has 0 aliphatic heterocycles. The van der Waals surface area contributed by atoms with E-state index in [1.54, 1.807) is 0 Å². The Hall–Kier alpha value is -1.75. The number of hydrogen-bond donors (Lipinski definition) is 4. The fraction of sp³-hybridized carbons (Fsp3) is 0.953. The summed E-state index contributed by atoms with van der Waals surface area (Å²) >= 11 is 0. The maximum absolute atomic E-state index is 10.5. The second-order valence-electron chi connectivity index (χ2n) is 11.9. The average Bonchev–Trinajstić information content (AvgIpc) is 3.23. The van der Waals surface area contributed by atoms with Gasteiger partial charge in [-0.1, -0.05) is 54.4 Å². The highest BCUT2D eigenvalue weighted by Gasteiger charge is 2.02. The molecule has 0 heterocycles. The molecule has 0 rings (SSSR count). The van der Waals surface area contributed by atoms with Crippen molar-refractivity contribution in [2.75, 3.05) is 112 Å². The van der Waals surface area contributed by atoms with Crippen molar-refractivity contribution < 1.29 is 62.5 Å². The molecule has 4 N–H and O–H groups in total. The molecule has 15 nitrogen and oxygen atoms in total. The van der Waals surface area contributed by atoms with Crippen LogP contribution in [0.25, 0.3) is 0 Å². The molecule has 15 heteroatoms. The molecule has 0 aliphatic carbocycles. The number of nitrogens with one attached hydrogen (secondary N) is 2. The van der Waals surface area contributed by atoms with Gasteiger partial charge in [-0.3, -0.25) is 0 Å². The lowest BCUT2D eigenvalue weighted by Gasteiger charge is -2.09. The Kier molecular flexibility index (Phi) is 96.9. The minimum atomic E-state index is -0.471. The van der Waals surface area contributed by atoms with E-state index < -0.39 is 6.10 Å². The molecule has 58 heavy (non-hydrogen) atoms. The Morgan fingerprint density at radius 1 is 0.517 bits per heavy atom. The standard InChI is InChI=1S/C9H20O2.C8H18O3.C8H18O2.C6H13NO2.C6H15NO.C5H12O.CO2/c1-3-9(10)7-5-6-8-11-4-2;1-3-5-11-7-8(9)6-10-4-2;1-3-5-6-7-10-8-9-4-2;1-3-5-9-6(8)7-4-2;1-3-7-5-6-8-4-2;1-3-5-6-4-2;2-1-3/h9-10H,3-8H2,1-2H3;8-9H,3-7H2,1-2H3;3-8H2,1-2H3;3-5H2,1-2H3,(H,7,8);7H,3-6H2,1-2H3;3-5H2,1-2H3;. The molecule has 0 aromatic carbocycles. The van der Waals surface area contributed by atoms with Gasteiger partial charge in [0.2, 0.25) is 0 Å². The monoisotopic (exact) mass is 849 g/mol. The summed E-state index contributed by atoms with van der Waals surface area (Å²) in [6, 6.07) is 0. The van der Waals surface area contributed by atoms with Gasteiger partial charge in [0.25, 0.3) is 0 Å². The van der Waals surface area contributed by atoms with Gasteiger partial charge in [0, 0.05) is 72.6 Å². The number of hydrogen-bond acceptors (Lipinski definition) is 14. The first-order valence-corrected chi connectivity index (χ1v) is 22.1. The number of carbonyl (C=O) groups is 1. The second-order valence-corrected chi connectivity index (χ2v) is 11.9. The Morgan fingerprint density at radius 2 is 1.00 bits per heavy atom. The Bertz CT molecular complexity index is 660. The summed E-state index contributed by atoms with van der Waals surface area (Å²) in [5.74, 6) is 0. The summed E-state index contributed by atoms with van der Waals surface area (Å²) in [5, 5.41) is 24.0. The average molecular weight is 849 g/mol. The number of carbonyl (C=O) groups excluding carboxylic acids is 3. The fourth-order valence-corrected chi connectivity index (χ4v) is 3.40. The lowest BCUT2D eigenvalue weighted by atomic mass is 10.1. The Balaban J connectivity index is -0.000000107. The summed E-state index contributed by atoms with van der Waals surface area (Å²) in [7, 11) is 0. The highest BCUT2D eigenvalue weighted by atomic mass is 16.7. The molecule has 0 aromatic rings. The molecule has 0 spiro atoms. The van der Waals surface area contributed by atoms with Gasteiger partial charge < -0.3 is 58.7 Å². The first-order chi connectivity index (χ1) is 28.1. The van der Waals surface area contributed by atoms with Crippen molar-refractivity contribution in [1.82, 2.24) is 10.6 Å². The van der Waals surface area contributed by atoms with Gasteiger partial charge >= 0.3 is 12.2 Å². The summed E-state index contributed by atoms with van der Waals surface area (Å²) in [6.07, 6.45) is 9.95. The van der Waals surface area contributed by atoms with E-state index in [1.165, 1.54) is 12.8 Å². The third-order valence-electron chi connectivity index (χ3n) is 6.38. The lowest BCUT2D eigenvalue weighted by molar-refractivity contribution is -0.191. The maximum atomic E-state index is 10.5. The van der Waals surface area contributed by atoms with Crippen molar-refractivity contribution in [3.8, 4) is 0 Å². The highest BCUT2D eigenvalue weighted by molar-refractivity contribution is 5.66. The maximum Gasteiger partial charge on any atom is 0.407 e. The molecule has 0 fully saturated rings. The van der Waals surface area contributed by atoms with Gasteiger partial charge in [-0.25, -0.2) is 4.79 Å². The summed E-state index contributed by atoms with van der Waals surface area (Å²) in [6.45, 7) is 36.5. The predicted octanol–water partition coefficient (Wildman–Crippen LogP) is 7.59. The van der Waals surface area contributed by atoms with E-state index in [4.69, 9.17) is 47.9 Å². The van der Waals surface area contributed by atoms with Gasteiger partial charge in [-0.15, -0.1) is 0 Å². The van der Waals surface area contributed by atoms with Gasteiger partial charge in [0.05, 0.1) is 32.5 Å². The van der Waals surface area contributed by atoms with E-state index in [0.29, 0.717) is 46.4 Å². The minimum Gasteiger partial charge on any atom is -0.450 e. The topological polar surface area (TPSA) is 190 Å². The first kappa shape index (κ1) is 70.8. The number of aliphatic hydroxyl groups is 2. The Morgan fingerprint density at radius 3 is 1.47 bits per heavy atom. The van der Waals surface area contributed by atoms with Gasteiger partial charge in [0.15, 0.2) is 0 Å². The SMILES string of the molecule is CCCCCOCOCC.CCCOC(=O)NCC.CCCOCC.CCCOCC(O)COCC.CCNCCOCC.CCOCCCCC(O)CC.O=C=O. The number of rotatable bonds is 32. The van der Waals surface area contributed by atoms with E-state index in [-0.39, 0.29) is 18.3 Å². The van der Waals surface area contributed by atoms with E-state index in [1.807, 2.05) is 62.3 Å². The third kappa shape index (κ3) is 105. The van der Waals surface area contributed by atoms with Crippen LogP contribution < -0.4 is 10.6 Å². The van der Waals surface area contributed by atoms with E-state index >= 15 is 0 Å². The van der Waals surface area contributed by atoms with Crippen LogP contribution >= 0.6 is 0 Å². The van der Waals surface area contributed by atoms with Crippen molar-refractivity contribution in [3.63, 3.8) is 0 Å². The van der Waals surface area contributed by atoms with E-state index in [0.717, 1.165) is 117 Å². The lowest BCUT2D eigenvalue weighted by Crippen LogP contribution is -2.23. The van der Waals surface area contributed by atoms with Crippen LogP contribution in [0.1, 0.15) is 147 Å². The second kappa shape index (κ2) is 79.4. The molecule has 0 saturated heterocycles. The molecule has 0 saturated carbocycles. The zero-order valence-corrected chi connectivity index (χ0v) is 39.6. The molecule has 0 radical (unpaired) electrons. The molecule has 0 aromatic heterocycles. The largest absolute Gasteiger partial charge is 0.450 e. The molecule has 0 bridgehead atoms. The predicted molar refractivity (Wildman–Crippen MR) is 234 cm³/mol. The van der Waals surface area contributed by atoms with Gasteiger partial charge in [-0.2, -0.15) is 9.59 Å². The molecular weight excluding hydrogens is 752 g/mol. The Labute approximate surface area is 356 Å². The van der Waals surface area contributed by atoms with Crippen LogP contribution in [0.3, 0.4) is 0 Å².